The van der Waals surface area contributed by atoms with E-state index in [1.165, 1.54) is 6.07 Å². The monoisotopic (exact) mass is 274 g/mol. The molecule has 3 N–H and O–H groups in total. The lowest BCUT2D eigenvalue weighted by atomic mass is 10.0. The predicted octanol–water partition coefficient (Wildman–Crippen LogP) is 2.42. The highest BCUT2D eigenvalue weighted by Crippen LogP contribution is 2.31. The van der Waals surface area contributed by atoms with Crippen LogP contribution in [0.5, 0.6) is 17.2 Å². The van der Waals surface area contributed by atoms with E-state index in [0.29, 0.717) is 5.75 Å². The zero-order chi connectivity index (χ0) is 14.5. The molecule has 2 rings (SSSR count). The quantitative estimate of drug-likeness (QED) is 0.729. The van der Waals surface area contributed by atoms with Gasteiger partial charge in [-0.2, -0.15) is 0 Å². The first kappa shape index (κ1) is 13.7. The van der Waals surface area contributed by atoms with Gasteiger partial charge in [-0.15, -0.1) is 0 Å². The van der Waals surface area contributed by atoms with Crippen LogP contribution in [0.1, 0.15) is 15.9 Å². The molecule has 5 nitrogen and oxygen atoms in total. The van der Waals surface area contributed by atoms with Gasteiger partial charge in [0.05, 0.1) is 12.2 Å². The fraction of sp³-hybridized carbons (Fsp3) is 0.133. The average molecular weight is 274 g/mol. The van der Waals surface area contributed by atoms with Crippen molar-refractivity contribution in [2.45, 2.75) is 6.42 Å². The molecule has 2 aromatic carbocycles. The third kappa shape index (κ3) is 3.00. The van der Waals surface area contributed by atoms with Crippen molar-refractivity contribution in [3.05, 3.63) is 53.6 Å². The topological polar surface area (TPSA) is 87.0 Å². The summed E-state index contributed by atoms with van der Waals surface area (Å²) in [5.74, 6) is -1.26. The van der Waals surface area contributed by atoms with Gasteiger partial charge >= 0.3 is 5.97 Å². The number of carboxylic acid groups (broad SMARTS) is 1. The van der Waals surface area contributed by atoms with E-state index >= 15 is 0 Å². The van der Waals surface area contributed by atoms with Gasteiger partial charge in [-0.1, -0.05) is 18.2 Å². The fourth-order valence-corrected chi connectivity index (χ4v) is 1.87. The highest BCUT2D eigenvalue weighted by molar-refractivity contribution is 5.90. The molecule has 0 aliphatic heterocycles. The summed E-state index contributed by atoms with van der Waals surface area (Å²) in [4.78, 5) is 11.1. The maximum atomic E-state index is 11.1. The summed E-state index contributed by atoms with van der Waals surface area (Å²) in [6, 6.07) is 11.5. The van der Waals surface area contributed by atoms with Crippen LogP contribution in [0.4, 0.5) is 0 Å². The van der Waals surface area contributed by atoms with E-state index in [9.17, 15) is 15.0 Å². The van der Waals surface area contributed by atoms with Crippen LogP contribution < -0.4 is 4.74 Å². The van der Waals surface area contributed by atoms with Crippen LogP contribution in [-0.4, -0.2) is 27.9 Å². The van der Waals surface area contributed by atoms with Gasteiger partial charge in [-0.3, -0.25) is 0 Å². The molecule has 0 bridgehead atoms. The molecule has 0 spiro atoms. The summed E-state index contributed by atoms with van der Waals surface area (Å²) in [6.45, 7) is 0.196. The molecule has 0 fully saturated rings. The van der Waals surface area contributed by atoms with Gasteiger partial charge in [-0.05, 0) is 24.3 Å². The van der Waals surface area contributed by atoms with E-state index < -0.39 is 11.7 Å². The number of ether oxygens (including phenoxy) is 1. The summed E-state index contributed by atoms with van der Waals surface area (Å²) >= 11 is 0. The molecule has 104 valence electrons. The Bertz CT molecular complexity index is 607. The third-order valence-electron chi connectivity index (χ3n) is 2.86. The number of para-hydroxylation sites is 1. The Morgan fingerprint density at radius 2 is 1.75 bits per heavy atom. The largest absolute Gasteiger partial charge is 0.504 e. The highest BCUT2D eigenvalue weighted by Gasteiger charge is 2.16. The van der Waals surface area contributed by atoms with Crippen LogP contribution in [0.25, 0.3) is 0 Å². The number of carboxylic acids is 1. The maximum Gasteiger partial charge on any atom is 0.336 e. The Balaban J connectivity index is 2.12. The Kier molecular flexibility index (Phi) is 4.10. The van der Waals surface area contributed by atoms with Gasteiger partial charge < -0.3 is 20.1 Å². The molecule has 2 aromatic rings. The molecular formula is C15H14O5. The molecule has 0 heterocycles. The van der Waals surface area contributed by atoms with Gasteiger partial charge in [0.2, 0.25) is 0 Å². The van der Waals surface area contributed by atoms with Crippen LogP contribution in [0.3, 0.4) is 0 Å². The fourth-order valence-electron chi connectivity index (χ4n) is 1.87. The van der Waals surface area contributed by atoms with Crippen LogP contribution in [0, 0.1) is 0 Å². The van der Waals surface area contributed by atoms with Crippen LogP contribution >= 0.6 is 0 Å². The molecular weight excluding hydrogens is 260 g/mol. The van der Waals surface area contributed by atoms with Gasteiger partial charge in [0.15, 0.2) is 11.5 Å². The second kappa shape index (κ2) is 5.97. The Labute approximate surface area is 115 Å². The van der Waals surface area contributed by atoms with Gasteiger partial charge in [-0.25, -0.2) is 4.79 Å². The van der Waals surface area contributed by atoms with Crippen molar-refractivity contribution in [1.29, 1.82) is 0 Å². The SMILES string of the molecule is O=C(O)c1ccc(O)c(O)c1CCOc1ccccc1. The minimum absolute atomic E-state index is 0.0445. The molecule has 0 aromatic heterocycles. The second-order valence-electron chi connectivity index (χ2n) is 4.18. The molecule has 0 aliphatic rings. The van der Waals surface area contributed by atoms with Crippen LogP contribution in [0.2, 0.25) is 0 Å². The van der Waals surface area contributed by atoms with Crippen molar-refractivity contribution in [1.82, 2.24) is 0 Å². The van der Waals surface area contributed by atoms with Gasteiger partial charge in [0, 0.05) is 12.0 Å². The minimum Gasteiger partial charge on any atom is -0.504 e. The molecule has 0 saturated carbocycles. The van der Waals surface area contributed by atoms with E-state index in [0.717, 1.165) is 6.07 Å². The summed E-state index contributed by atoms with van der Waals surface area (Å²) in [5, 5.41) is 28.3. The number of phenols is 2. The Morgan fingerprint density at radius 3 is 2.40 bits per heavy atom. The normalized spacial score (nSPS) is 10.2. The zero-order valence-electron chi connectivity index (χ0n) is 10.6. The highest BCUT2D eigenvalue weighted by atomic mass is 16.5. The number of carbonyl (C=O) groups is 1. The summed E-state index contributed by atoms with van der Waals surface area (Å²) in [7, 11) is 0. The molecule has 0 aliphatic carbocycles. The lowest BCUT2D eigenvalue weighted by Gasteiger charge is -2.11. The first-order valence-corrected chi connectivity index (χ1v) is 6.04. The molecule has 5 heteroatoms. The van der Waals surface area contributed by atoms with E-state index in [1.54, 1.807) is 12.1 Å². The number of aromatic hydroxyl groups is 2. The Morgan fingerprint density at radius 1 is 1.05 bits per heavy atom. The van der Waals surface area contributed by atoms with Crippen molar-refractivity contribution >= 4 is 5.97 Å². The standard InChI is InChI=1S/C15H14O5/c16-13-7-6-12(15(18)19)11(14(13)17)8-9-20-10-4-2-1-3-5-10/h1-7,16-17H,8-9H2,(H,18,19). The van der Waals surface area contributed by atoms with Crippen molar-refractivity contribution in [2.75, 3.05) is 6.61 Å². The summed E-state index contributed by atoms with van der Waals surface area (Å²) in [5.41, 5.74) is 0.116. The summed E-state index contributed by atoms with van der Waals surface area (Å²) in [6.07, 6.45) is 0.177. The van der Waals surface area contributed by atoms with Crippen molar-refractivity contribution in [2.24, 2.45) is 0 Å². The molecule has 0 radical (unpaired) electrons. The summed E-state index contributed by atoms with van der Waals surface area (Å²) < 4.78 is 5.45. The lowest BCUT2D eigenvalue weighted by Crippen LogP contribution is -2.08. The van der Waals surface area contributed by atoms with Crippen LogP contribution in [-0.2, 0) is 6.42 Å². The van der Waals surface area contributed by atoms with E-state index in [4.69, 9.17) is 9.84 Å². The molecule has 0 saturated heterocycles. The van der Waals surface area contributed by atoms with Crippen molar-refractivity contribution in [3.63, 3.8) is 0 Å². The lowest BCUT2D eigenvalue weighted by molar-refractivity contribution is 0.0695. The molecule has 0 unspecified atom stereocenters. The van der Waals surface area contributed by atoms with Crippen LogP contribution in [0.15, 0.2) is 42.5 Å². The third-order valence-corrected chi connectivity index (χ3v) is 2.86. The number of hydrogen-bond donors (Lipinski definition) is 3. The minimum atomic E-state index is -1.16. The second-order valence-corrected chi connectivity index (χ2v) is 4.18. The smallest absolute Gasteiger partial charge is 0.336 e. The number of hydrogen-bond acceptors (Lipinski definition) is 4. The van der Waals surface area contributed by atoms with Crippen molar-refractivity contribution < 1.29 is 24.9 Å². The first-order chi connectivity index (χ1) is 9.59. The molecule has 0 amide bonds. The van der Waals surface area contributed by atoms with E-state index in [-0.39, 0.29) is 29.9 Å². The molecule has 0 atom stereocenters. The predicted molar refractivity (Wildman–Crippen MR) is 72.4 cm³/mol. The van der Waals surface area contributed by atoms with E-state index in [2.05, 4.69) is 0 Å². The van der Waals surface area contributed by atoms with E-state index in [1.807, 2.05) is 18.2 Å². The molecule has 20 heavy (non-hydrogen) atoms. The van der Waals surface area contributed by atoms with Crippen molar-refractivity contribution in [3.8, 4) is 17.2 Å². The first-order valence-electron chi connectivity index (χ1n) is 6.04. The number of benzene rings is 2. The number of rotatable bonds is 5. The maximum absolute atomic E-state index is 11.1. The number of aromatic carboxylic acids is 1. The zero-order valence-corrected chi connectivity index (χ0v) is 10.6. The van der Waals surface area contributed by atoms with Gasteiger partial charge in [0.25, 0.3) is 0 Å². The number of phenolic OH excluding ortho intramolecular Hbond substituents is 2. The average Bonchev–Trinajstić information content (AvgIpc) is 2.44. The Hall–Kier alpha value is -2.69. The van der Waals surface area contributed by atoms with Gasteiger partial charge in [0.1, 0.15) is 5.75 Å².